The fraction of sp³-hybridized carbons (Fsp3) is 0.312. The van der Waals surface area contributed by atoms with Crippen LogP contribution in [-0.2, 0) is 0 Å². The minimum atomic E-state index is -0.0389. The highest BCUT2D eigenvalue weighted by atomic mass is 35.5. The molecule has 2 N–H and O–H groups in total. The topological polar surface area (TPSA) is 41.1 Å². The summed E-state index contributed by atoms with van der Waals surface area (Å²) < 4.78 is 0.798. The minimum Gasteiger partial charge on any atom is -0.351 e. The maximum Gasteiger partial charge on any atom is 0.251 e. The average Bonchev–Trinajstić information content (AvgIpc) is 2.90. The number of carbonyl (C=O) groups excluding carboxylic acids is 1. The van der Waals surface area contributed by atoms with Crippen LogP contribution in [0.15, 0.2) is 35.7 Å². The van der Waals surface area contributed by atoms with E-state index in [1.165, 1.54) is 16.9 Å². The summed E-state index contributed by atoms with van der Waals surface area (Å²) in [6, 6.07) is 9.76. The zero-order valence-corrected chi connectivity index (χ0v) is 13.7. The maximum atomic E-state index is 11.9. The lowest BCUT2D eigenvalue weighted by Crippen LogP contribution is -2.32. The van der Waals surface area contributed by atoms with Crippen LogP contribution in [0.1, 0.15) is 34.5 Å². The van der Waals surface area contributed by atoms with E-state index in [0.29, 0.717) is 18.7 Å². The molecule has 0 fully saturated rings. The van der Waals surface area contributed by atoms with E-state index in [-0.39, 0.29) is 11.9 Å². The number of hydrogen-bond donors (Lipinski definition) is 2. The van der Waals surface area contributed by atoms with Crippen LogP contribution in [0.3, 0.4) is 0 Å². The number of thiophene rings is 1. The van der Waals surface area contributed by atoms with Crippen molar-refractivity contribution in [1.82, 2.24) is 10.6 Å². The van der Waals surface area contributed by atoms with E-state index in [9.17, 15) is 4.79 Å². The molecule has 112 valence electrons. The molecule has 0 saturated heterocycles. The largest absolute Gasteiger partial charge is 0.351 e. The van der Waals surface area contributed by atoms with Crippen molar-refractivity contribution < 1.29 is 4.79 Å². The Morgan fingerprint density at radius 2 is 2.00 bits per heavy atom. The quantitative estimate of drug-likeness (QED) is 0.794. The van der Waals surface area contributed by atoms with Crippen molar-refractivity contribution in [2.24, 2.45) is 0 Å². The van der Waals surface area contributed by atoms with Crippen LogP contribution in [0.25, 0.3) is 0 Å². The van der Waals surface area contributed by atoms with Gasteiger partial charge in [-0.2, -0.15) is 0 Å². The van der Waals surface area contributed by atoms with E-state index in [2.05, 4.69) is 17.6 Å². The van der Waals surface area contributed by atoms with Crippen molar-refractivity contribution in [3.05, 3.63) is 56.7 Å². The summed E-state index contributed by atoms with van der Waals surface area (Å²) in [7, 11) is 0. The minimum absolute atomic E-state index is 0.0389. The molecule has 0 bridgehead atoms. The molecular weight excluding hydrogens is 304 g/mol. The summed E-state index contributed by atoms with van der Waals surface area (Å²) in [6.45, 7) is 5.39. The number of amides is 1. The second kappa shape index (κ2) is 7.59. The third kappa shape index (κ3) is 4.84. The van der Waals surface area contributed by atoms with Crippen LogP contribution in [0.4, 0.5) is 0 Å². The van der Waals surface area contributed by atoms with Crippen LogP contribution in [0, 0.1) is 6.92 Å². The molecule has 1 aromatic heterocycles. The van der Waals surface area contributed by atoms with Gasteiger partial charge in [0.1, 0.15) is 0 Å². The van der Waals surface area contributed by atoms with Gasteiger partial charge in [0.15, 0.2) is 0 Å². The Morgan fingerprint density at radius 1 is 1.29 bits per heavy atom. The van der Waals surface area contributed by atoms with Gasteiger partial charge in [0.2, 0.25) is 0 Å². The summed E-state index contributed by atoms with van der Waals surface area (Å²) in [6.07, 6.45) is 0. The molecule has 2 rings (SSSR count). The number of nitrogens with one attached hydrogen (secondary N) is 2. The molecule has 0 aliphatic carbocycles. The van der Waals surface area contributed by atoms with Gasteiger partial charge in [-0.15, -0.1) is 11.3 Å². The second-order valence-electron chi connectivity index (χ2n) is 4.98. The fourth-order valence-electron chi connectivity index (χ4n) is 1.94. The van der Waals surface area contributed by atoms with Gasteiger partial charge in [-0.3, -0.25) is 4.79 Å². The lowest BCUT2D eigenvalue weighted by atomic mass is 10.1. The van der Waals surface area contributed by atoms with Crippen molar-refractivity contribution in [3.63, 3.8) is 0 Å². The van der Waals surface area contributed by atoms with Gasteiger partial charge < -0.3 is 10.6 Å². The number of hydrogen-bond acceptors (Lipinski definition) is 3. The molecule has 0 saturated carbocycles. The zero-order valence-electron chi connectivity index (χ0n) is 12.2. The number of rotatable bonds is 6. The highest BCUT2D eigenvalue weighted by Crippen LogP contribution is 2.24. The molecule has 1 aromatic carbocycles. The fourth-order valence-corrected chi connectivity index (χ4v) is 2.92. The Labute approximate surface area is 134 Å². The first-order valence-electron chi connectivity index (χ1n) is 6.88. The van der Waals surface area contributed by atoms with Crippen LogP contribution in [0.5, 0.6) is 0 Å². The van der Waals surface area contributed by atoms with E-state index in [4.69, 9.17) is 11.6 Å². The molecule has 5 heteroatoms. The first kappa shape index (κ1) is 16.0. The van der Waals surface area contributed by atoms with Crippen molar-refractivity contribution in [2.75, 3.05) is 13.1 Å². The average molecular weight is 323 g/mol. The summed E-state index contributed by atoms with van der Waals surface area (Å²) in [5.41, 5.74) is 3.02. The first-order chi connectivity index (χ1) is 10.1. The second-order valence-corrected chi connectivity index (χ2v) is 6.52. The molecule has 1 heterocycles. The predicted molar refractivity (Wildman–Crippen MR) is 89.3 cm³/mol. The van der Waals surface area contributed by atoms with E-state index in [1.807, 2.05) is 42.6 Å². The van der Waals surface area contributed by atoms with Crippen molar-refractivity contribution in [1.29, 1.82) is 0 Å². The molecule has 0 aliphatic heterocycles. The molecule has 21 heavy (non-hydrogen) atoms. The molecule has 0 spiro atoms. The first-order valence-corrected chi connectivity index (χ1v) is 8.14. The van der Waals surface area contributed by atoms with E-state index in [1.54, 1.807) is 0 Å². The van der Waals surface area contributed by atoms with Crippen molar-refractivity contribution in [2.45, 2.75) is 19.9 Å². The molecule has 0 radical (unpaired) electrons. The number of benzene rings is 1. The maximum absolute atomic E-state index is 11.9. The third-order valence-electron chi connectivity index (χ3n) is 3.26. The normalized spacial score (nSPS) is 12.1. The summed E-state index contributed by atoms with van der Waals surface area (Å²) >= 11 is 7.45. The van der Waals surface area contributed by atoms with E-state index >= 15 is 0 Å². The Bertz CT molecular complexity index is 595. The molecule has 1 atom stereocenters. The number of aryl methyl sites for hydroxylation is 1. The standard InChI is InChI=1S/C16H19ClN2OS/c1-11-3-5-13(6-4-11)16(20)19-8-7-18-12(2)14-9-15(17)21-10-14/h3-6,9-10,12,18H,7-8H2,1-2H3,(H,19,20). The highest BCUT2D eigenvalue weighted by Gasteiger charge is 2.07. The lowest BCUT2D eigenvalue weighted by molar-refractivity contribution is 0.0953. The van der Waals surface area contributed by atoms with Crippen LogP contribution in [0.2, 0.25) is 4.34 Å². The van der Waals surface area contributed by atoms with Gasteiger partial charge in [-0.1, -0.05) is 29.3 Å². The Morgan fingerprint density at radius 3 is 2.62 bits per heavy atom. The molecule has 3 nitrogen and oxygen atoms in total. The molecule has 1 amide bonds. The third-order valence-corrected chi connectivity index (χ3v) is 4.37. The van der Waals surface area contributed by atoms with Crippen molar-refractivity contribution in [3.8, 4) is 0 Å². The number of halogens is 1. The van der Waals surface area contributed by atoms with Gasteiger partial charge in [-0.05, 0) is 43.0 Å². The smallest absolute Gasteiger partial charge is 0.251 e. The predicted octanol–water partition coefficient (Wildman–Crippen LogP) is 3.79. The van der Waals surface area contributed by atoms with Gasteiger partial charge in [0.25, 0.3) is 5.91 Å². The molecule has 0 aliphatic rings. The van der Waals surface area contributed by atoms with Gasteiger partial charge in [0.05, 0.1) is 4.34 Å². The SMILES string of the molecule is Cc1ccc(C(=O)NCCNC(C)c2csc(Cl)c2)cc1. The Hall–Kier alpha value is -1.36. The summed E-state index contributed by atoms with van der Waals surface area (Å²) in [4.78, 5) is 11.9. The van der Waals surface area contributed by atoms with E-state index < -0.39 is 0 Å². The summed E-state index contributed by atoms with van der Waals surface area (Å²) in [5, 5.41) is 8.31. The van der Waals surface area contributed by atoms with E-state index in [0.717, 1.165) is 9.90 Å². The van der Waals surface area contributed by atoms with Crippen LogP contribution >= 0.6 is 22.9 Å². The van der Waals surface area contributed by atoms with Gasteiger partial charge in [-0.25, -0.2) is 0 Å². The van der Waals surface area contributed by atoms with Gasteiger partial charge >= 0.3 is 0 Å². The molecular formula is C16H19ClN2OS. The van der Waals surface area contributed by atoms with Gasteiger partial charge in [0, 0.05) is 24.7 Å². The lowest BCUT2D eigenvalue weighted by Gasteiger charge is -2.13. The highest BCUT2D eigenvalue weighted by molar-refractivity contribution is 7.14. The summed E-state index contributed by atoms with van der Waals surface area (Å²) in [5.74, 6) is -0.0389. The monoisotopic (exact) mass is 322 g/mol. The molecule has 1 unspecified atom stereocenters. The number of carbonyl (C=O) groups is 1. The zero-order chi connectivity index (χ0) is 15.2. The Kier molecular flexibility index (Phi) is 5.79. The Balaban J connectivity index is 1.72. The van der Waals surface area contributed by atoms with Crippen LogP contribution < -0.4 is 10.6 Å². The van der Waals surface area contributed by atoms with Crippen molar-refractivity contribution >= 4 is 28.8 Å². The van der Waals surface area contributed by atoms with Crippen LogP contribution in [-0.4, -0.2) is 19.0 Å². The molecule has 2 aromatic rings.